The second-order valence-electron chi connectivity index (χ2n) is 9.80. The molecule has 1 amide bonds. The molecule has 4 rings (SSSR count). The molecule has 3 aromatic rings. The number of hydrogen-bond acceptors (Lipinski definition) is 7. The number of hydrogen-bond donors (Lipinski definition) is 2. The summed E-state index contributed by atoms with van der Waals surface area (Å²) < 4.78 is 67.2. The molecule has 0 bridgehead atoms. The molecular weight excluding hydrogens is 569 g/mol. The van der Waals surface area contributed by atoms with E-state index < -0.39 is 28.1 Å². The predicted octanol–water partition coefficient (Wildman–Crippen LogP) is 4.06. The van der Waals surface area contributed by atoms with Gasteiger partial charge in [0.15, 0.2) is 0 Å². The number of alkyl halides is 3. The highest BCUT2D eigenvalue weighted by Gasteiger charge is 2.40. The second kappa shape index (κ2) is 11.9. The molecule has 3 heterocycles. The number of thiophene rings is 1. The van der Waals surface area contributed by atoms with E-state index in [9.17, 15) is 31.2 Å². The van der Waals surface area contributed by atoms with Crippen LogP contribution in [0.4, 0.5) is 13.2 Å². The number of aromatic amines is 1. The van der Waals surface area contributed by atoms with E-state index in [0.29, 0.717) is 43.6 Å². The number of primary amides is 1. The molecule has 14 heteroatoms. The zero-order valence-corrected chi connectivity index (χ0v) is 23.7. The first kappa shape index (κ1) is 30.0. The van der Waals surface area contributed by atoms with Gasteiger partial charge in [-0.3, -0.25) is 9.69 Å². The van der Waals surface area contributed by atoms with E-state index in [2.05, 4.69) is 9.72 Å². The first-order chi connectivity index (χ1) is 18.8. The molecule has 1 saturated heterocycles. The van der Waals surface area contributed by atoms with Crippen LogP contribution in [0.5, 0.6) is 0 Å². The number of carbonyl (C=O) groups excluding carboxylic acids is 2. The van der Waals surface area contributed by atoms with E-state index in [1.807, 2.05) is 23.7 Å². The van der Waals surface area contributed by atoms with Crippen LogP contribution in [0.3, 0.4) is 0 Å². The number of aromatic nitrogens is 1. The molecular formula is C26H31F3N4O5S2. The van der Waals surface area contributed by atoms with Crippen molar-refractivity contribution in [2.75, 3.05) is 39.0 Å². The van der Waals surface area contributed by atoms with E-state index in [1.165, 1.54) is 15.6 Å². The quantitative estimate of drug-likeness (QED) is 0.338. The largest absolute Gasteiger partial charge is 0.490 e. The minimum Gasteiger partial charge on any atom is -0.458 e. The number of rotatable bonds is 10. The number of amides is 1. The third-order valence-electron chi connectivity index (χ3n) is 7.09. The Morgan fingerprint density at radius 3 is 2.52 bits per heavy atom. The molecule has 0 atom stereocenters. The van der Waals surface area contributed by atoms with E-state index >= 15 is 0 Å². The first-order valence-corrected chi connectivity index (χ1v) is 15.2. The molecule has 1 fully saturated rings. The number of fused-ring (bicyclic) bond motifs is 1. The van der Waals surface area contributed by atoms with Crippen molar-refractivity contribution in [2.45, 2.75) is 38.4 Å². The van der Waals surface area contributed by atoms with E-state index in [4.69, 9.17) is 5.73 Å². The van der Waals surface area contributed by atoms with Crippen LogP contribution >= 0.6 is 11.3 Å². The Morgan fingerprint density at radius 2 is 1.90 bits per heavy atom. The van der Waals surface area contributed by atoms with Gasteiger partial charge in [-0.2, -0.15) is 13.2 Å². The average molecular weight is 601 g/mol. The zero-order chi connectivity index (χ0) is 29.2. The number of halogens is 3. The fraction of sp³-hybridized carbons (Fsp3) is 0.462. The second-order valence-corrected chi connectivity index (χ2v) is 13.1. The molecule has 40 heavy (non-hydrogen) atoms. The standard InChI is InChI=1S/C26H31F3N4O5S2/c1-3-40(36,37)33-6-4-16(5-7-33)22-13-31-23-20(22)11-17(12-21(23)24(30)34)18-10-19(39-15-18)14-32(2)8-9-38-25(35)26(27,28)29/h10-13,15-16,31H,3-9,14H2,1-2H3,(H2,30,34). The normalized spacial score (nSPS) is 15.7. The van der Waals surface area contributed by atoms with E-state index in [1.54, 1.807) is 24.9 Å². The van der Waals surface area contributed by atoms with Crippen LogP contribution in [0, 0.1) is 0 Å². The number of sulfonamides is 1. The molecule has 0 saturated carbocycles. The molecule has 3 N–H and O–H groups in total. The van der Waals surface area contributed by atoms with Crippen molar-refractivity contribution in [3.63, 3.8) is 0 Å². The fourth-order valence-corrected chi connectivity index (χ4v) is 7.02. The topological polar surface area (TPSA) is 126 Å². The zero-order valence-electron chi connectivity index (χ0n) is 22.1. The van der Waals surface area contributed by atoms with Crippen LogP contribution in [0.25, 0.3) is 22.0 Å². The van der Waals surface area contributed by atoms with Gasteiger partial charge < -0.3 is 15.5 Å². The Morgan fingerprint density at radius 1 is 1.20 bits per heavy atom. The summed E-state index contributed by atoms with van der Waals surface area (Å²) >= 11 is 1.46. The maximum atomic E-state index is 12.3. The number of nitrogens with two attached hydrogens (primary N) is 1. The lowest BCUT2D eigenvalue weighted by atomic mass is 9.88. The molecule has 0 unspecified atom stereocenters. The van der Waals surface area contributed by atoms with Gasteiger partial charge in [0.1, 0.15) is 6.61 Å². The summed E-state index contributed by atoms with van der Waals surface area (Å²) in [6.45, 7) is 2.67. The molecule has 1 aliphatic heterocycles. The molecule has 218 valence electrons. The molecule has 9 nitrogen and oxygen atoms in total. The van der Waals surface area contributed by atoms with Crippen molar-refractivity contribution in [2.24, 2.45) is 5.73 Å². The molecule has 0 radical (unpaired) electrons. The highest BCUT2D eigenvalue weighted by atomic mass is 32.2. The van der Waals surface area contributed by atoms with Crippen molar-refractivity contribution in [3.05, 3.63) is 45.8 Å². The molecule has 2 aromatic heterocycles. The van der Waals surface area contributed by atoms with Crippen molar-refractivity contribution < 1.29 is 35.9 Å². The van der Waals surface area contributed by atoms with Crippen LogP contribution in [0.1, 0.15) is 46.5 Å². The number of H-pyrrole nitrogens is 1. The van der Waals surface area contributed by atoms with Crippen molar-refractivity contribution >= 4 is 44.1 Å². The van der Waals surface area contributed by atoms with Crippen molar-refractivity contribution in [1.82, 2.24) is 14.2 Å². The highest BCUT2D eigenvalue weighted by molar-refractivity contribution is 7.89. The van der Waals surface area contributed by atoms with Gasteiger partial charge in [-0.05, 0) is 73.0 Å². The van der Waals surface area contributed by atoms with E-state index in [-0.39, 0.29) is 24.8 Å². The number of ether oxygens (including phenoxy) is 1. The average Bonchev–Trinajstić information content (AvgIpc) is 3.54. The number of benzene rings is 1. The summed E-state index contributed by atoms with van der Waals surface area (Å²) in [6, 6.07) is 5.66. The third kappa shape index (κ3) is 6.67. The predicted molar refractivity (Wildman–Crippen MR) is 146 cm³/mol. The van der Waals surface area contributed by atoms with Gasteiger partial charge in [-0.15, -0.1) is 11.3 Å². The first-order valence-electron chi connectivity index (χ1n) is 12.7. The molecule has 0 spiro atoms. The Kier molecular flexibility index (Phi) is 8.93. The Bertz CT molecular complexity index is 1490. The number of likely N-dealkylation sites (N-methyl/N-ethyl adjacent to an activating group) is 1. The maximum Gasteiger partial charge on any atom is 0.490 e. The van der Waals surface area contributed by atoms with Gasteiger partial charge in [0.2, 0.25) is 10.0 Å². The van der Waals surface area contributed by atoms with Gasteiger partial charge in [0, 0.05) is 42.6 Å². The molecule has 1 aromatic carbocycles. The summed E-state index contributed by atoms with van der Waals surface area (Å²) in [5.41, 5.74) is 9.36. The van der Waals surface area contributed by atoms with Crippen molar-refractivity contribution in [1.29, 1.82) is 0 Å². The van der Waals surface area contributed by atoms with Crippen LogP contribution in [0.2, 0.25) is 0 Å². The van der Waals surface area contributed by atoms with Gasteiger partial charge in [0.25, 0.3) is 5.91 Å². The van der Waals surface area contributed by atoms with Gasteiger partial charge >= 0.3 is 12.1 Å². The monoisotopic (exact) mass is 600 g/mol. The summed E-state index contributed by atoms with van der Waals surface area (Å²) in [7, 11) is -1.53. The molecule has 1 aliphatic rings. The summed E-state index contributed by atoms with van der Waals surface area (Å²) in [5.74, 6) is -2.60. The van der Waals surface area contributed by atoms with Gasteiger partial charge in [0.05, 0.1) is 16.8 Å². The van der Waals surface area contributed by atoms with Crippen LogP contribution < -0.4 is 5.73 Å². The lowest BCUT2D eigenvalue weighted by Gasteiger charge is -2.31. The summed E-state index contributed by atoms with van der Waals surface area (Å²) in [5, 5.41) is 2.79. The fourth-order valence-electron chi connectivity index (χ4n) is 4.92. The van der Waals surface area contributed by atoms with Crippen LogP contribution in [-0.2, 0) is 26.1 Å². The summed E-state index contributed by atoms with van der Waals surface area (Å²) in [6.07, 6.45) is -1.82. The lowest BCUT2D eigenvalue weighted by Crippen LogP contribution is -2.38. The minimum absolute atomic E-state index is 0.0695. The number of carbonyl (C=O) groups is 2. The van der Waals surface area contributed by atoms with Gasteiger partial charge in [-0.25, -0.2) is 17.5 Å². The number of piperidine rings is 1. The van der Waals surface area contributed by atoms with Crippen molar-refractivity contribution in [3.8, 4) is 11.1 Å². The number of esters is 1. The third-order valence-corrected chi connectivity index (χ3v) is 9.89. The number of nitrogens with one attached hydrogen (secondary N) is 1. The van der Waals surface area contributed by atoms with E-state index in [0.717, 1.165) is 27.0 Å². The summed E-state index contributed by atoms with van der Waals surface area (Å²) in [4.78, 5) is 29.1. The SMILES string of the molecule is CCS(=O)(=O)N1CCC(c2c[nH]c3c(C(N)=O)cc(-c4csc(CN(C)CCOC(=O)C(F)(F)F)c4)cc23)CC1. The van der Waals surface area contributed by atoms with Crippen LogP contribution in [0.15, 0.2) is 29.8 Å². The Hall–Kier alpha value is -2.94. The highest BCUT2D eigenvalue weighted by Crippen LogP contribution is 2.38. The maximum absolute atomic E-state index is 12.3. The smallest absolute Gasteiger partial charge is 0.458 e. The Balaban J connectivity index is 1.51. The minimum atomic E-state index is -5.02. The lowest BCUT2D eigenvalue weighted by molar-refractivity contribution is -0.199. The van der Waals surface area contributed by atoms with Gasteiger partial charge in [-0.1, -0.05) is 0 Å². The Labute approximate surface area is 234 Å². The van der Waals surface area contributed by atoms with Crippen LogP contribution in [-0.4, -0.2) is 79.7 Å². The molecule has 0 aliphatic carbocycles. The number of nitrogens with zero attached hydrogens (tertiary/aromatic N) is 2.